The number of amides is 1. The number of halogens is 1. The lowest BCUT2D eigenvalue weighted by Gasteiger charge is -2.33. The van der Waals surface area contributed by atoms with Crippen molar-refractivity contribution >= 4 is 17.5 Å². The molecule has 2 aromatic rings. The van der Waals surface area contributed by atoms with Crippen LogP contribution in [0.3, 0.4) is 0 Å². The van der Waals surface area contributed by atoms with Crippen LogP contribution in [-0.2, 0) is 4.74 Å². The van der Waals surface area contributed by atoms with E-state index in [0.29, 0.717) is 42.1 Å². The molecule has 0 N–H and O–H groups in total. The third-order valence-electron chi connectivity index (χ3n) is 3.74. The molecule has 1 aliphatic heterocycles. The van der Waals surface area contributed by atoms with E-state index in [2.05, 4.69) is 10.1 Å². The maximum Gasteiger partial charge on any atom is 0.256 e. The van der Waals surface area contributed by atoms with Gasteiger partial charge < -0.3 is 14.2 Å². The van der Waals surface area contributed by atoms with Crippen molar-refractivity contribution in [3.8, 4) is 0 Å². The number of rotatable bonds is 3. The molecular formula is C16H18ClN3O3. The Bertz CT molecular complexity index is 701. The lowest BCUT2D eigenvalue weighted by Crippen LogP contribution is -2.44. The summed E-state index contributed by atoms with van der Waals surface area (Å²) in [7, 11) is 0. The molecule has 0 bridgehead atoms. The van der Waals surface area contributed by atoms with Crippen molar-refractivity contribution in [1.82, 2.24) is 15.0 Å². The van der Waals surface area contributed by atoms with Crippen LogP contribution in [0.1, 0.15) is 47.9 Å². The standard InChI is InChI=1S/C16H18ClN3O3/c1-10(2)15-18-14(19-23-15)13-9-22-8-7-20(13)16(21)11-5-3-4-6-12(11)17/h3-6,10,13H,7-9H2,1-2H3/t13-/m1/s1. The van der Waals surface area contributed by atoms with E-state index in [9.17, 15) is 4.79 Å². The van der Waals surface area contributed by atoms with Crippen molar-refractivity contribution in [1.29, 1.82) is 0 Å². The van der Waals surface area contributed by atoms with Crippen molar-refractivity contribution < 1.29 is 14.1 Å². The van der Waals surface area contributed by atoms with Crippen LogP contribution >= 0.6 is 11.6 Å². The first-order valence-corrected chi connectivity index (χ1v) is 7.92. The van der Waals surface area contributed by atoms with E-state index in [1.54, 1.807) is 29.2 Å². The van der Waals surface area contributed by atoms with Crippen LogP contribution in [-0.4, -0.2) is 40.7 Å². The van der Waals surface area contributed by atoms with Gasteiger partial charge in [0.05, 0.1) is 23.8 Å². The second-order valence-corrected chi connectivity index (χ2v) is 6.12. The maximum absolute atomic E-state index is 12.8. The van der Waals surface area contributed by atoms with Gasteiger partial charge in [-0.15, -0.1) is 0 Å². The highest BCUT2D eigenvalue weighted by atomic mass is 35.5. The molecule has 1 saturated heterocycles. The molecular weight excluding hydrogens is 318 g/mol. The summed E-state index contributed by atoms with van der Waals surface area (Å²) in [4.78, 5) is 18.9. The molecule has 7 heteroatoms. The highest BCUT2D eigenvalue weighted by molar-refractivity contribution is 6.33. The van der Waals surface area contributed by atoms with Gasteiger partial charge in [0.1, 0.15) is 6.04 Å². The van der Waals surface area contributed by atoms with E-state index in [4.69, 9.17) is 20.9 Å². The molecule has 1 amide bonds. The van der Waals surface area contributed by atoms with E-state index in [1.807, 2.05) is 13.8 Å². The Labute approximate surface area is 139 Å². The number of nitrogens with zero attached hydrogens (tertiary/aromatic N) is 3. The monoisotopic (exact) mass is 335 g/mol. The molecule has 3 rings (SSSR count). The molecule has 1 aliphatic rings. The molecule has 2 heterocycles. The molecule has 1 aromatic carbocycles. The quantitative estimate of drug-likeness (QED) is 0.862. The van der Waals surface area contributed by atoms with Crippen LogP contribution < -0.4 is 0 Å². The fourth-order valence-corrected chi connectivity index (χ4v) is 2.68. The third-order valence-corrected chi connectivity index (χ3v) is 4.07. The zero-order chi connectivity index (χ0) is 16.4. The summed E-state index contributed by atoms with van der Waals surface area (Å²) in [5.74, 6) is 0.998. The number of hydrogen-bond donors (Lipinski definition) is 0. The molecule has 0 aliphatic carbocycles. The summed E-state index contributed by atoms with van der Waals surface area (Å²) < 4.78 is 10.8. The first-order chi connectivity index (χ1) is 11.1. The van der Waals surface area contributed by atoms with Crippen molar-refractivity contribution in [2.75, 3.05) is 19.8 Å². The number of ether oxygens (including phenoxy) is 1. The van der Waals surface area contributed by atoms with Crippen molar-refractivity contribution in [2.24, 2.45) is 0 Å². The Morgan fingerprint density at radius 1 is 1.39 bits per heavy atom. The Hall–Kier alpha value is -1.92. The average Bonchev–Trinajstić information content (AvgIpc) is 3.05. The first-order valence-electron chi connectivity index (χ1n) is 7.54. The predicted octanol–water partition coefficient (Wildman–Crippen LogP) is 3.06. The molecule has 23 heavy (non-hydrogen) atoms. The van der Waals surface area contributed by atoms with Crippen LogP contribution in [0.4, 0.5) is 0 Å². The molecule has 0 unspecified atom stereocenters. The highest BCUT2D eigenvalue weighted by Crippen LogP contribution is 2.27. The SMILES string of the molecule is CC(C)c1nc([C@H]2COCCN2C(=O)c2ccccc2Cl)no1. The summed E-state index contributed by atoms with van der Waals surface area (Å²) in [6.07, 6.45) is 0. The van der Waals surface area contributed by atoms with Gasteiger partial charge in [-0.1, -0.05) is 42.7 Å². The van der Waals surface area contributed by atoms with E-state index < -0.39 is 0 Å². The van der Waals surface area contributed by atoms with Gasteiger partial charge in [0.2, 0.25) is 5.89 Å². The number of carbonyl (C=O) groups excluding carboxylic acids is 1. The van der Waals surface area contributed by atoms with Crippen molar-refractivity contribution in [2.45, 2.75) is 25.8 Å². The number of benzene rings is 1. The molecule has 1 aromatic heterocycles. The second kappa shape index (κ2) is 6.68. The Balaban J connectivity index is 1.89. The Kier molecular flexibility index (Phi) is 4.63. The van der Waals surface area contributed by atoms with Gasteiger partial charge >= 0.3 is 0 Å². The van der Waals surface area contributed by atoms with Gasteiger partial charge in [-0.25, -0.2) is 0 Å². The zero-order valence-electron chi connectivity index (χ0n) is 13.0. The highest BCUT2D eigenvalue weighted by Gasteiger charge is 2.33. The minimum absolute atomic E-state index is 0.133. The summed E-state index contributed by atoms with van der Waals surface area (Å²) in [6, 6.07) is 6.63. The molecule has 0 saturated carbocycles. The van der Waals surface area contributed by atoms with Gasteiger partial charge in [0.15, 0.2) is 5.82 Å². The Morgan fingerprint density at radius 3 is 2.87 bits per heavy atom. The van der Waals surface area contributed by atoms with E-state index in [-0.39, 0.29) is 17.9 Å². The van der Waals surface area contributed by atoms with Gasteiger partial charge in [0, 0.05) is 12.5 Å². The first kappa shape index (κ1) is 16.0. The lowest BCUT2D eigenvalue weighted by atomic mass is 10.1. The Morgan fingerprint density at radius 2 is 2.17 bits per heavy atom. The second-order valence-electron chi connectivity index (χ2n) is 5.71. The van der Waals surface area contributed by atoms with Crippen LogP contribution in [0, 0.1) is 0 Å². The summed E-state index contributed by atoms with van der Waals surface area (Å²) in [6.45, 7) is 5.22. The number of aromatic nitrogens is 2. The van der Waals surface area contributed by atoms with E-state index in [0.717, 1.165) is 0 Å². The predicted molar refractivity (Wildman–Crippen MR) is 84.4 cm³/mol. The van der Waals surface area contributed by atoms with Crippen LogP contribution in [0.2, 0.25) is 5.02 Å². The van der Waals surface area contributed by atoms with Crippen LogP contribution in [0.5, 0.6) is 0 Å². The van der Waals surface area contributed by atoms with Crippen molar-refractivity contribution in [3.05, 3.63) is 46.6 Å². The third kappa shape index (κ3) is 3.23. The molecule has 122 valence electrons. The average molecular weight is 336 g/mol. The molecule has 0 radical (unpaired) electrons. The van der Waals surface area contributed by atoms with Crippen molar-refractivity contribution in [3.63, 3.8) is 0 Å². The zero-order valence-corrected chi connectivity index (χ0v) is 13.8. The molecule has 6 nitrogen and oxygen atoms in total. The van der Waals surface area contributed by atoms with Crippen LogP contribution in [0.25, 0.3) is 0 Å². The normalized spacial score (nSPS) is 18.4. The summed E-state index contributed by atoms with van der Waals surface area (Å²) >= 11 is 6.15. The molecule has 1 atom stereocenters. The number of hydrogen-bond acceptors (Lipinski definition) is 5. The number of carbonyl (C=O) groups is 1. The minimum Gasteiger partial charge on any atom is -0.377 e. The molecule has 1 fully saturated rings. The smallest absolute Gasteiger partial charge is 0.256 e. The van der Waals surface area contributed by atoms with Gasteiger partial charge in [-0.3, -0.25) is 4.79 Å². The molecule has 0 spiro atoms. The van der Waals surface area contributed by atoms with E-state index >= 15 is 0 Å². The van der Waals surface area contributed by atoms with E-state index in [1.165, 1.54) is 0 Å². The lowest BCUT2D eigenvalue weighted by molar-refractivity contribution is -0.00576. The van der Waals surface area contributed by atoms with Gasteiger partial charge in [-0.2, -0.15) is 4.98 Å². The summed E-state index contributed by atoms with van der Waals surface area (Å²) in [5.41, 5.74) is 0.466. The largest absolute Gasteiger partial charge is 0.377 e. The van der Waals surface area contributed by atoms with Gasteiger partial charge in [0.25, 0.3) is 5.91 Å². The topological polar surface area (TPSA) is 68.5 Å². The van der Waals surface area contributed by atoms with Gasteiger partial charge in [-0.05, 0) is 12.1 Å². The fraction of sp³-hybridized carbons (Fsp3) is 0.438. The maximum atomic E-state index is 12.8. The summed E-state index contributed by atoms with van der Waals surface area (Å²) in [5, 5.41) is 4.45. The number of morpholine rings is 1. The minimum atomic E-state index is -0.372. The fourth-order valence-electron chi connectivity index (χ4n) is 2.47. The van der Waals surface area contributed by atoms with Crippen LogP contribution in [0.15, 0.2) is 28.8 Å².